The number of nitrogens with two attached hydrogens (primary N) is 2. The van der Waals surface area contributed by atoms with Crippen molar-refractivity contribution in [2.75, 3.05) is 0 Å². The molecule has 51 heavy (non-hydrogen) atoms. The van der Waals surface area contributed by atoms with Gasteiger partial charge < -0.3 is 46.9 Å². The zero-order valence-electron chi connectivity index (χ0n) is 29.3. The molecule has 2 aromatic carbocycles. The monoisotopic (exact) mass is 770 g/mol. The van der Waals surface area contributed by atoms with Gasteiger partial charge in [0.05, 0.1) is 22.6 Å². The van der Waals surface area contributed by atoms with Crippen LogP contribution in [0.2, 0.25) is 0 Å². The van der Waals surface area contributed by atoms with Crippen LogP contribution in [0.4, 0.5) is 0 Å². The fourth-order valence-corrected chi connectivity index (χ4v) is 11.6. The molecule has 10 unspecified atom stereocenters. The van der Waals surface area contributed by atoms with Crippen LogP contribution in [0.15, 0.2) is 81.1 Å². The Hall–Kier alpha value is -2.43. The summed E-state index contributed by atoms with van der Waals surface area (Å²) in [5.41, 5.74) is 14.5. The summed E-state index contributed by atoms with van der Waals surface area (Å²) in [6, 6.07) is 21.3. The summed E-state index contributed by atoms with van der Waals surface area (Å²) >= 11 is 9.81. The zero-order valence-corrected chi connectivity index (χ0v) is 31.9. The quantitative estimate of drug-likeness (QED) is 0.0900. The molecular weight excluding hydrogens is 719 g/mol. The van der Waals surface area contributed by atoms with E-state index in [-0.39, 0.29) is 38.7 Å². The molecule has 0 aliphatic heterocycles. The van der Waals surface area contributed by atoms with E-state index in [0.717, 1.165) is 88.5 Å². The fraction of sp³-hybridized carbons (Fsp3) is 0.600. The topological polar surface area (TPSA) is 142 Å². The van der Waals surface area contributed by atoms with E-state index in [4.69, 9.17) is 36.7 Å². The second-order valence-electron chi connectivity index (χ2n) is 15.7. The molecule has 8 rings (SSSR count). The third-order valence-corrected chi connectivity index (χ3v) is 13.5. The van der Waals surface area contributed by atoms with Crippen molar-refractivity contribution >= 4 is 47.0 Å². The minimum Gasteiger partial charge on any atom is -0.741 e. The van der Waals surface area contributed by atoms with Crippen LogP contribution in [0, 0.1) is 35.5 Å². The summed E-state index contributed by atoms with van der Waals surface area (Å²) in [5, 5.41) is 40.7. The van der Waals surface area contributed by atoms with Crippen LogP contribution >= 0.6 is 0 Å². The average molecular weight is 772 g/mol. The van der Waals surface area contributed by atoms with Crippen LogP contribution in [-0.2, 0) is 41.7 Å². The largest absolute Gasteiger partial charge is 2.00 e. The Morgan fingerprint density at radius 1 is 0.569 bits per heavy atom. The van der Waals surface area contributed by atoms with E-state index >= 15 is 0 Å². The minimum absolute atomic E-state index is 0. The molecule has 2 aromatic rings. The summed E-state index contributed by atoms with van der Waals surface area (Å²) in [6.07, 6.45) is 15.0. The third-order valence-electron chi connectivity index (χ3n) is 13.3. The molecule has 6 aliphatic carbocycles. The Bertz CT molecular complexity index is 1500. The zero-order chi connectivity index (χ0) is 34.9. The van der Waals surface area contributed by atoms with Gasteiger partial charge in [-0.15, -0.1) is 0 Å². The molecule has 6 fully saturated rings. The molecule has 6 aliphatic rings. The molecule has 8 nitrogen and oxygen atoms in total. The Morgan fingerprint density at radius 3 is 1.33 bits per heavy atom. The maximum absolute atomic E-state index is 11.8. The SMILES string of the molecule is N/C([S-])=N/N=C1/C2CCCC1C1(O)CCCCC1C2c1ccccc1.N/C([S-])=N/N=C1\C2CCCC1C1(O)CCCCC1C2c1ccccc1.[Ni+2]. The van der Waals surface area contributed by atoms with Gasteiger partial charge in [0.25, 0.3) is 0 Å². The normalized spacial score (nSPS) is 39.1. The number of benzene rings is 2. The van der Waals surface area contributed by atoms with Gasteiger partial charge in [0, 0.05) is 23.7 Å². The molecule has 0 aromatic heterocycles. The van der Waals surface area contributed by atoms with Gasteiger partial charge in [-0.25, -0.2) is 0 Å². The van der Waals surface area contributed by atoms with Gasteiger partial charge in [-0.3, -0.25) is 0 Å². The van der Waals surface area contributed by atoms with Crippen molar-refractivity contribution in [1.29, 1.82) is 0 Å². The van der Waals surface area contributed by atoms with Gasteiger partial charge in [0.15, 0.2) is 0 Å². The number of aliphatic hydroxyl groups is 2. The van der Waals surface area contributed by atoms with Crippen molar-refractivity contribution in [2.45, 2.75) is 113 Å². The Balaban J connectivity index is 0.000000172. The average Bonchev–Trinajstić information content (AvgIpc) is 3.12. The first-order valence-corrected chi connectivity index (χ1v) is 19.7. The van der Waals surface area contributed by atoms with Gasteiger partial charge >= 0.3 is 16.5 Å². The summed E-state index contributed by atoms with van der Waals surface area (Å²) < 4.78 is 0. The molecule has 6 saturated carbocycles. The molecule has 4 bridgehead atoms. The Morgan fingerprint density at radius 2 is 0.961 bits per heavy atom. The van der Waals surface area contributed by atoms with Crippen LogP contribution in [-0.4, -0.2) is 43.2 Å². The van der Waals surface area contributed by atoms with E-state index in [2.05, 4.69) is 81.1 Å². The maximum Gasteiger partial charge on any atom is 2.00 e. The predicted octanol–water partition coefficient (Wildman–Crippen LogP) is 6.68. The van der Waals surface area contributed by atoms with E-state index in [1.807, 2.05) is 0 Å². The van der Waals surface area contributed by atoms with Gasteiger partial charge in [0.2, 0.25) is 0 Å². The molecule has 0 saturated heterocycles. The number of hydrogen-bond donors (Lipinski definition) is 4. The fourth-order valence-electron chi connectivity index (χ4n) is 11.5. The molecule has 0 spiro atoms. The molecule has 0 heterocycles. The van der Waals surface area contributed by atoms with Gasteiger partial charge in [-0.2, -0.15) is 20.4 Å². The second-order valence-corrected chi connectivity index (χ2v) is 16.5. The van der Waals surface area contributed by atoms with E-state index in [1.165, 1.54) is 24.0 Å². The first-order chi connectivity index (χ1) is 24.2. The first-order valence-electron chi connectivity index (χ1n) is 18.9. The Labute approximate surface area is 324 Å². The van der Waals surface area contributed by atoms with E-state index in [1.54, 1.807) is 0 Å². The van der Waals surface area contributed by atoms with Crippen LogP contribution in [0.25, 0.3) is 0 Å². The summed E-state index contributed by atoms with van der Waals surface area (Å²) in [5.74, 6) is 2.12. The second kappa shape index (κ2) is 16.3. The molecule has 0 amide bonds. The number of rotatable bonds is 4. The summed E-state index contributed by atoms with van der Waals surface area (Å²) in [7, 11) is 0. The smallest absolute Gasteiger partial charge is 0.741 e. The van der Waals surface area contributed by atoms with Gasteiger partial charge in [-0.05, 0) is 96.5 Å². The number of fused-ring (bicyclic) bond motifs is 8. The Kier molecular flexibility index (Phi) is 12.2. The van der Waals surface area contributed by atoms with Crippen LogP contribution in [0.1, 0.15) is 113 Å². The molecule has 10 atom stereocenters. The van der Waals surface area contributed by atoms with Crippen LogP contribution < -0.4 is 11.5 Å². The van der Waals surface area contributed by atoms with E-state index in [9.17, 15) is 10.2 Å². The minimum atomic E-state index is -0.666. The van der Waals surface area contributed by atoms with Crippen molar-refractivity contribution in [2.24, 2.45) is 67.4 Å². The molecule has 11 heteroatoms. The first kappa shape index (κ1) is 38.3. The third kappa shape index (κ3) is 7.40. The van der Waals surface area contributed by atoms with Crippen molar-refractivity contribution < 1.29 is 26.7 Å². The molecule has 276 valence electrons. The molecule has 0 radical (unpaired) electrons. The van der Waals surface area contributed by atoms with E-state index < -0.39 is 11.2 Å². The van der Waals surface area contributed by atoms with Crippen molar-refractivity contribution in [3.8, 4) is 0 Å². The van der Waals surface area contributed by atoms with Crippen molar-refractivity contribution in [1.82, 2.24) is 0 Å². The van der Waals surface area contributed by atoms with Gasteiger partial charge in [0.1, 0.15) is 0 Å². The maximum atomic E-state index is 11.8. The summed E-state index contributed by atoms with van der Waals surface area (Å²) in [4.78, 5) is 0. The van der Waals surface area contributed by atoms with E-state index in [0.29, 0.717) is 35.5 Å². The standard InChI is InChI=1S/2C20H27N3OS.Ni/c2*21-19(25)23-22-18-14-9-6-11-16(18)20(24)12-5-4-10-15(20)17(14)13-7-2-1-3-8-13;/h2*1-3,7-8,14-17,24H,4-6,9-12H2,(H3,21,23,25);/q;;+2/p-2/b22-18+;22-18-;. The van der Waals surface area contributed by atoms with Crippen molar-refractivity contribution in [3.05, 3.63) is 71.8 Å². The van der Waals surface area contributed by atoms with Gasteiger partial charge in [-0.1, -0.05) is 99.2 Å². The number of nitrogens with zero attached hydrogens (tertiary/aromatic N) is 4. The van der Waals surface area contributed by atoms with Crippen molar-refractivity contribution in [3.63, 3.8) is 0 Å². The predicted molar refractivity (Wildman–Crippen MR) is 207 cm³/mol. The van der Waals surface area contributed by atoms with Crippen LogP contribution in [0.5, 0.6) is 0 Å². The van der Waals surface area contributed by atoms with Crippen LogP contribution in [0.3, 0.4) is 0 Å². The molecular formula is C40H52N6NiO2S2. The number of hydrogen-bond acceptors (Lipinski definition) is 8. The number of amidine groups is 2. The summed E-state index contributed by atoms with van der Waals surface area (Å²) in [6.45, 7) is 0. The molecule has 6 N–H and O–H groups in total.